The topological polar surface area (TPSA) is 50.7 Å². The standard InChI is InChI=1S/C13H22N2O2S/c1-3-17-12(16)9(2)14-13-15-11-7-5-4-6-10(11)8-18-13/h9-11H,3-8H2,1-2H3,(H,14,15). The summed E-state index contributed by atoms with van der Waals surface area (Å²) in [6.45, 7) is 4.08. The van der Waals surface area contributed by atoms with E-state index in [0.29, 0.717) is 12.6 Å². The number of esters is 1. The molecular weight excluding hydrogens is 248 g/mol. The van der Waals surface area contributed by atoms with Crippen LogP contribution in [0.25, 0.3) is 0 Å². The van der Waals surface area contributed by atoms with Crippen LogP contribution in [-0.4, -0.2) is 35.6 Å². The molecule has 3 unspecified atom stereocenters. The minimum atomic E-state index is -0.309. The van der Waals surface area contributed by atoms with Gasteiger partial charge in [-0.1, -0.05) is 24.6 Å². The monoisotopic (exact) mass is 270 g/mol. The first-order valence-corrected chi connectivity index (χ1v) is 7.83. The van der Waals surface area contributed by atoms with E-state index in [0.717, 1.165) is 16.8 Å². The van der Waals surface area contributed by atoms with Crippen molar-refractivity contribution < 1.29 is 9.53 Å². The molecule has 4 nitrogen and oxygen atoms in total. The van der Waals surface area contributed by atoms with E-state index in [1.807, 2.05) is 13.8 Å². The summed E-state index contributed by atoms with van der Waals surface area (Å²) in [7, 11) is 0. The zero-order chi connectivity index (χ0) is 13.0. The van der Waals surface area contributed by atoms with E-state index in [9.17, 15) is 4.79 Å². The smallest absolute Gasteiger partial charge is 0.328 e. The Bertz CT molecular complexity index is 333. The fourth-order valence-electron chi connectivity index (χ4n) is 2.52. The molecule has 0 amide bonds. The normalized spacial score (nSPS) is 28.9. The summed E-state index contributed by atoms with van der Waals surface area (Å²) in [5.74, 6) is 1.67. The summed E-state index contributed by atoms with van der Waals surface area (Å²) in [6.07, 6.45) is 5.14. The Balaban J connectivity index is 1.89. The van der Waals surface area contributed by atoms with Crippen molar-refractivity contribution in [3.05, 3.63) is 0 Å². The lowest BCUT2D eigenvalue weighted by Crippen LogP contribution is -2.42. The number of nitrogens with zero attached hydrogens (tertiary/aromatic N) is 1. The third kappa shape index (κ3) is 3.40. The molecule has 0 bridgehead atoms. The molecule has 1 saturated carbocycles. The fraction of sp³-hybridized carbons (Fsp3) is 0.846. The van der Waals surface area contributed by atoms with Crippen molar-refractivity contribution in [1.29, 1.82) is 0 Å². The van der Waals surface area contributed by atoms with E-state index in [1.54, 1.807) is 11.8 Å². The molecule has 2 rings (SSSR count). The number of hydrogen-bond donors (Lipinski definition) is 1. The second-order valence-corrected chi connectivity index (χ2v) is 5.98. The van der Waals surface area contributed by atoms with Crippen molar-refractivity contribution >= 4 is 22.9 Å². The van der Waals surface area contributed by atoms with E-state index in [1.165, 1.54) is 25.7 Å². The minimum absolute atomic E-state index is 0.202. The number of thioether (sulfide) groups is 1. The van der Waals surface area contributed by atoms with Gasteiger partial charge in [0.1, 0.15) is 6.04 Å². The Kier molecular flexibility index (Phi) is 4.92. The zero-order valence-electron chi connectivity index (χ0n) is 11.1. The molecule has 1 aliphatic carbocycles. The van der Waals surface area contributed by atoms with Gasteiger partial charge in [-0.25, -0.2) is 4.79 Å². The molecule has 1 aliphatic heterocycles. The van der Waals surface area contributed by atoms with E-state index < -0.39 is 0 Å². The number of amidine groups is 1. The Hall–Kier alpha value is -0.710. The number of hydrogen-bond acceptors (Lipinski definition) is 5. The maximum atomic E-state index is 11.6. The molecule has 0 aromatic carbocycles. The zero-order valence-corrected chi connectivity index (χ0v) is 12.0. The van der Waals surface area contributed by atoms with Crippen LogP contribution in [0.15, 0.2) is 4.99 Å². The van der Waals surface area contributed by atoms with Gasteiger partial charge in [0.25, 0.3) is 0 Å². The van der Waals surface area contributed by atoms with Gasteiger partial charge in [0.15, 0.2) is 5.17 Å². The van der Waals surface area contributed by atoms with Crippen molar-refractivity contribution in [3.8, 4) is 0 Å². The lowest BCUT2D eigenvalue weighted by molar-refractivity contribution is -0.144. The molecule has 5 heteroatoms. The average Bonchev–Trinajstić information content (AvgIpc) is 2.39. The van der Waals surface area contributed by atoms with Crippen LogP contribution in [0, 0.1) is 5.92 Å². The Morgan fingerprint density at radius 2 is 2.33 bits per heavy atom. The van der Waals surface area contributed by atoms with Crippen LogP contribution < -0.4 is 5.32 Å². The van der Waals surface area contributed by atoms with Gasteiger partial charge in [-0.15, -0.1) is 0 Å². The summed E-state index contributed by atoms with van der Waals surface area (Å²) in [6, 6.07) is 0.160. The van der Waals surface area contributed by atoms with E-state index in [2.05, 4.69) is 5.32 Å². The molecule has 3 atom stereocenters. The Morgan fingerprint density at radius 3 is 3.11 bits per heavy atom. The van der Waals surface area contributed by atoms with Gasteiger partial charge in [0.2, 0.25) is 0 Å². The molecular formula is C13H22N2O2S. The highest BCUT2D eigenvalue weighted by Crippen LogP contribution is 2.33. The molecule has 0 radical (unpaired) electrons. The van der Waals surface area contributed by atoms with E-state index >= 15 is 0 Å². The molecule has 0 aromatic rings. The number of carbonyl (C=O) groups excluding carboxylic acids is 1. The SMILES string of the molecule is CCOC(=O)C(C)NC1=NC2CCCCC2CS1. The highest BCUT2D eigenvalue weighted by atomic mass is 32.2. The number of aliphatic imine (C=N–C) groups is 1. The Morgan fingerprint density at radius 1 is 1.56 bits per heavy atom. The second-order valence-electron chi connectivity index (χ2n) is 4.98. The molecule has 18 heavy (non-hydrogen) atoms. The van der Waals surface area contributed by atoms with Crippen LogP contribution in [0.4, 0.5) is 0 Å². The van der Waals surface area contributed by atoms with Crippen LogP contribution in [0.3, 0.4) is 0 Å². The van der Waals surface area contributed by atoms with Gasteiger partial charge >= 0.3 is 5.97 Å². The van der Waals surface area contributed by atoms with Crippen molar-refractivity contribution in [1.82, 2.24) is 5.32 Å². The van der Waals surface area contributed by atoms with Gasteiger partial charge in [0, 0.05) is 5.75 Å². The minimum Gasteiger partial charge on any atom is -0.464 e. The fourth-order valence-corrected chi connectivity index (χ4v) is 3.75. The molecule has 0 spiro atoms. The van der Waals surface area contributed by atoms with Gasteiger partial charge in [-0.2, -0.15) is 0 Å². The average molecular weight is 270 g/mol. The lowest BCUT2D eigenvalue weighted by Gasteiger charge is -2.33. The number of ether oxygens (including phenoxy) is 1. The molecule has 0 aromatic heterocycles. The lowest BCUT2D eigenvalue weighted by atomic mass is 9.86. The Labute approximate surface area is 113 Å². The first-order valence-electron chi connectivity index (χ1n) is 6.84. The van der Waals surface area contributed by atoms with Crippen molar-refractivity contribution in [2.75, 3.05) is 12.4 Å². The van der Waals surface area contributed by atoms with Crippen molar-refractivity contribution in [2.24, 2.45) is 10.9 Å². The quantitative estimate of drug-likeness (QED) is 0.799. The second kappa shape index (κ2) is 6.45. The van der Waals surface area contributed by atoms with Crippen LogP contribution in [0.5, 0.6) is 0 Å². The number of rotatable bonds is 3. The maximum absolute atomic E-state index is 11.6. The number of nitrogens with one attached hydrogen (secondary N) is 1. The third-order valence-electron chi connectivity index (χ3n) is 3.57. The summed E-state index contributed by atoms with van der Waals surface area (Å²) < 4.78 is 4.99. The van der Waals surface area contributed by atoms with Gasteiger partial charge in [-0.3, -0.25) is 4.99 Å². The molecule has 1 fully saturated rings. The first-order chi connectivity index (χ1) is 8.70. The van der Waals surface area contributed by atoms with E-state index in [-0.39, 0.29) is 12.0 Å². The van der Waals surface area contributed by atoms with Gasteiger partial charge < -0.3 is 10.1 Å². The largest absolute Gasteiger partial charge is 0.464 e. The summed E-state index contributed by atoms with van der Waals surface area (Å²) >= 11 is 1.74. The van der Waals surface area contributed by atoms with Crippen LogP contribution in [0.1, 0.15) is 39.5 Å². The van der Waals surface area contributed by atoms with E-state index in [4.69, 9.17) is 9.73 Å². The highest BCUT2D eigenvalue weighted by molar-refractivity contribution is 8.13. The number of fused-ring (bicyclic) bond motifs is 1. The van der Waals surface area contributed by atoms with Crippen molar-refractivity contribution in [2.45, 2.75) is 51.6 Å². The third-order valence-corrected chi connectivity index (χ3v) is 4.66. The summed E-state index contributed by atoms with van der Waals surface area (Å²) in [4.78, 5) is 16.3. The van der Waals surface area contributed by atoms with Gasteiger partial charge in [0.05, 0.1) is 12.6 Å². The predicted octanol–water partition coefficient (Wildman–Crippen LogP) is 2.19. The van der Waals surface area contributed by atoms with Crippen molar-refractivity contribution in [3.63, 3.8) is 0 Å². The molecule has 102 valence electrons. The van der Waals surface area contributed by atoms with Crippen LogP contribution in [0.2, 0.25) is 0 Å². The molecule has 1 N–H and O–H groups in total. The summed E-state index contributed by atoms with van der Waals surface area (Å²) in [5.41, 5.74) is 0. The van der Waals surface area contributed by atoms with Crippen LogP contribution >= 0.6 is 11.8 Å². The first kappa shape index (κ1) is 13.7. The maximum Gasteiger partial charge on any atom is 0.328 e. The molecule has 0 saturated heterocycles. The number of carbonyl (C=O) groups is 1. The molecule has 1 heterocycles. The van der Waals surface area contributed by atoms with Crippen LogP contribution in [-0.2, 0) is 9.53 Å². The highest BCUT2D eigenvalue weighted by Gasteiger charge is 2.30. The van der Waals surface area contributed by atoms with Gasteiger partial charge in [-0.05, 0) is 32.6 Å². The summed E-state index contributed by atoms with van der Waals surface area (Å²) in [5, 5.41) is 4.09. The predicted molar refractivity (Wildman–Crippen MR) is 74.9 cm³/mol. The molecule has 2 aliphatic rings.